The number of likely N-dealkylation sites (tertiary alicyclic amines) is 1. The maximum atomic E-state index is 12.2. The molecule has 5 nitrogen and oxygen atoms in total. The molecule has 1 unspecified atom stereocenters. The summed E-state index contributed by atoms with van der Waals surface area (Å²) in [5.74, 6) is 0.244. The fraction of sp³-hybridized carbons (Fsp3) is 0.615. The van der Waals surface area contributed by atoms with Gasteiger partial charge in [0.05, 0.1) is 5.02 Å². The number of halogens is 2. The van der Waals surface area contributed by atoms with Gasteiger partial charge in [0.2, 0.25) is 10.0 Å². The lowest BCUT2D eigenvalue weighted by atomic mass is 10.2. The third-order valence-corrected chi connectivity index (χ3v) is 5.55. The van der Waals surface area contributed by atoms with E-state index in [1.165, 1.54) is 25.1 Å². The van der Waals surface area contributed by atoms with Gasteiger partial charge in [-0.25, -0.2) is 18.1 Å². The molecule has 0 bridgehead atoms. The number of sulfonamides is 1. The van der Waals surface area contributed by atoms with Crippen molar-refractivity contribution in [3.8, 4) is 0 Å². The van der Waals surface area contributed by atoms with E-state index >= 15 is 0 Å². The quantitative estimate of drug-likeness (QED) is 0.799. The Morgan fingerprint density at radius 3 is 2.67 bits per heavy atom. The fourth-order valence-corrected chi connectivity index (χ4v) is 3.83. The first kappa shape index (κ1) is 17.0. The molecule has 8 heteroatoms. The van der Waals surface area contributed by atoms with Gasteiger partial charge in [0.25, 0.3) is 0 Å². The molecule has 2 rings (SSSR count). The molecule has 0 saturated carbocycles. The lowest BCUT2D eigenvalue weighted by Gasteiger charge is -2.20. The number of hydrogen-bond acceptors (Lipinski definition) is 4. The van der Waals surface area contributed by atoms with Gasteiger partial charge in [0, 0.05) is 19.3 Å². The molecule has 0 aromatic carbocycles. The molecule has 1 aliphatic heterocycles. The molecule has 1 saturated heterocycles. The summed E-state index contributed by atoms with van der Waals surface area (Å²) in [6.07, 6.45) is 3.67. The Hall–Kier alpha value is -0.400. The first-order chi connectivity index (χ1) is 9.88. The van der Waals surface area contributed by atoms with Crippen molar-refractivity contribution >= 4 is 33.2 Å². The van der Waals surface area contributed by atoms with Crippen LogP contribution in [0.1, 0.15) is 19.8 Å². The van der Waals surface area contributed by atoms with Gasteiger partial charge in [-0.1, -0.05) is 30.1 Å². The van der Waals surface area contributed by atoms with E-state index in [0.717, 1.165) is 19.6 Å². The zero-order valence-corrected chi connectivity index (χ0v) is 14.2. The monoisotopic (exact) mass is 351 g/mol. The number of nitrogens with one attached hydrogen (secondary N) is 1. The Kier molecular flexibility index (Phi) is 5.85. The standard InChI is InChI=1S/C13H19Cl2N3O2S/c1-10(9-18-4-2-3-5-18)7-17-21(19,20)11-6-12(14)13(15)16-8-11/h6,8,10,17H,2-5,7,9H2,1H3. The van der Waals surface area contributed by atoms with E-state index in [4.69, 9.17) is 23.2 Å². The van der Waals surface area contributed by atoms with Crippen LogP contribution in [0.4, 0.5) is 0 Å². The molecule has 0 amide bonds. The Bertz CT molecular complexity index is 589. The predicted molar refractivity (Wildman–Crippen MR) is 84.3 cm³/mol. The van der Waals surface area contributed by atoms with Gasteiger partial charge >= 0.3 is 0 Å². The van der Waals surface area contributed by atoms with Gasteiger partial charge in [0.15, 0.2) is 0 Å². The Morgan fingerprint density at radius 1 is 1.38 bits per heavy atom. The van der Waals surface area contributed by atoms with Gasteiger partial charge in [-0.05, 0) is 37.9 Å². The number of nitrogens with zero attached hydrogens (tertiary/aromatic N) is 2. The largest absolute Gasteiger partial charge is 0.303 e. The van der Waals surface area contributed by atoms with Crippen molar-refractivity contribution < 1.29 is 8.42 Å². The molecular weight excluding hydrogens is 333 g/mol. The molecule has 118 valence electrons. The van der Waals surface area contributed by atoms with Crippen LogP contribution >= 0.6 is 23.2 Å². The highest BCUT2D eigenvalue weighted by atomic mass is 35.5. The lowest BCUT2D eigenvalue weighted by molar-refractivity contribution is 0.288. The van der Waals surface area contributed by atoms with E-state index in [2.05, 4.69) is 14.6 Å². The first-order valence-electron chi connectivity index (χ1n) is 6.91. The van der Waals surface area contributed by atoms with Crippen LogP contribution in [0.25, 0.3) is 0 Å². The van der Waals surface area contributed by atoms with E-state index < -0.39 is 10.0 Å². The van der Waals surface area contributed by atoms with Crippen molar-refractivity contribution in [3.63, 3.8) is 0 Å². The minimum Gasteiger partial charge on any atom is -0.303 e. The van der Waals surface area contributed by atoms with Gasteiger partial charge in [-0.3, -0.25) is 0 Å². The molecule has 1 aromatic heterocycles. The molecule has 1 N–H and O–H groups in total. The molecular formula is C13H19Cl2N3O2S. The highest BCUT2D eigenvalue weighted by Crippen LogP contribution is 2.22. The zero-order chi connectivity index (χ0) is 15.5. The number of pyridine rings is 1. The summed E-state index contributed by atoms with van der Waals surface area (Å²) in [6, 6.07) is 1.31. The Morgan fingerprint density at radius 2 is 2.05 bits per heavy atom. The molecule has 1 aliphatic rings. The van der Waals surface area contributed by atoms with Crippen molar-refractivity contribution in [2.24, 2.45) is 5.92 Å². The number of aromatic nitrogens is 1. The average molecular weight is 352 g/mol. The summed E-state index contributed by atoms with van der Waals surface area (Å²) in [4.78, 5) is 6.15. The van der Waals surface area contributed by atoms with Crippen LogP contribution in [0.15, 0.2) is 17.2 Å². The molecule has 0 aliphatic carbocycles. The Labute approximate surface area is 135 Å². The van der Waals surface area contributed by atoms with Crippen molar-refractivity contribution in [2.45, 2.75) is 24.7 Å². The van der Waals surface area contributed by atoms with Crippen LogP contribution < -0.4 is 4.72 Å². The SMILES string of the molecule is CC(CNS(=O)(=O)c1cnc(Cl)c(Cl)c1)CN1CCCC1. The van der Waals surface area contributed by atoms with E-state index in [0.29, 0.717) is 6.54 Å². The number of rotatable bonds is 6. The molecule has 1 fully saturated rings. The molecule has 0 spiro atoms. The van der Waals surface area contributed by atoms with Crippen LogP contribution in [0.2, 0.25) is 10.2 Å². The summed E-state index contributed by atoms with van der Waals surface area (Å²) >= 11 is 11.5. The van der Waals surface area contributed by atoms with Gasteiger partial charge in [-0.15, -0.1) is 0 Å². The van der Waals surface area contributed by atoms with Gasteiger partial charge in [0.1, 0.15) is 10.0 Å². The molecule has 0 radical (unpaired) electrons. The Balaban J connectivity index is 1.92. The van der Waals surface area contributed by atoms with Crippen LogP contribution in [-0.2, 0) is 10.0 Å². The van der Waals surface area contributed by atoms with Crippen molar-refractivity contribution in [1.29, 1.82) is 0 Å². The van der Waals surface area contributed by atoms with E-state index in [1.54, 1.807) is 0 Å². The second-order valence-electron chi connectivity index (χ2n) is 5.41. The molecule has 21 heavy (non-hydrogen) atoms. The molecule has 2 heterocycles. The van der Waals surface area contributed by atoms with E-state index in [9.17, 15) is 8.42 Å². The predicted octanol–water partition coefficient (Wildman–Crippen LogP) is 2.40. The zero-order valence-electron chi connectivity index (χ0n) is 11.8. The second kappa shape index (κ2) is 7.24. The maximum absolute atomic E-state index is 12.2. The second-order valence-corrected chi connectivity index (χ2v) is 7.94. The summed E-state index contributed by atoms with van der Waals surface area (Å²) in [5, 5.41) is 0.225. The van der Waals surface area contributed by atoms with Crippen LogP contribution in [-0.4, -0.2) is 44.5 Å². The van der Waals surface area contributed by atoms with Crippen molar-refractivity contribution in [2.75, 3.05) is 26.2 Å². The summed E-state index contributed by atoms with van der Waals surface area (Å²) < 4.78 is 26.9. The summed E-state index contributed by atoms with van der Waals surface area (Å²) in [6.45, 7) is 5.54. The van der Waals surface area contributed by atoms with E-state index in [1.807, 2.05) is 6.92 Å². The normalized spacial score (nSPS) is 18.0. The third kappa shape index (κ3) is 4.79. The lowest BCUT2D eigenvalue weighted by Crippen LogP contribution is -2.34. The molecule has 1 atom stereocenters. The minimum atomic E-state index is -3.60. The topological polar surface area (TPSA) is 62.3 Å². The fourth-order valence-electron chi connectivity index (χ4n) is 2.36. The highest BCUT2D eigenvalue weighted by molar-refractivity contribution is 7.89. The van der Waals surface area contributed by atoms with Gasteiger partial charge < -0.3 is 4.90 Å². The summed E-state index contributed by atoms with van der Waals surface area (Å²) in [7, 11) is -3.60. The third-order valence-electron chi connectivity index (χ3n) is 3.47. The summed E-state index contributed by atoms with van der Waals surface area (Å²) in [5.41, 5.74) is 0. The van der Waals surface area contributed by atoms with Crippen molar-refractivity contribution in [3.05, 3.63) is 22.4 Å². The van der Waals surface area contributed by atoms with E-state index in [-0.39, 0.29) is 21.0 Å². The van der Waals surface area contributed by atoms with Crippen LogP contribution in [0.3, 0.4) is 0 Å². The smallest absolute Gasteiger partial charge is 0.242 e. The maximum Gasteiger partial charge on any atom is 0.242 e. The van der Waals surface area contributed by atoms with Crippen LogP contribution in [0.5, 0.6) is 0 Å². The van der Waals surface area contributed by atoms with Crippen LogP contribution in [0, 0.1) is 5.92 Å². The van der Waals surface area contributed by atoms with Crippen molar-refractivity contribution in [1.82, 2.24) is 14.6 Å². The first-order valence-corrected chi connectivity index (χ1v) is 9.15. The number of hydrogen-bond donors (Lipinski definition) is 1. The highest BCUT2D eigenvalue weighted by Gasteiger charge is 2.19. The average Bonchev–Trinajstić information content (AvgIpc) is 2.92. The molecule has 1 aromatic rings. The minimum absolute atomic E-state index is 0.0327. The van der Waals surface area contributed by atoms with Gasteiger partial charge in [-0.2, -0.15) is 0 Å².